The van der Waals surface area contributed by atoms with E-state index in [4.69, 9.17) is 10.5 Å². The molecule has 2 heterocycles. The highest BCUT2D eigenvalue weighted by atomic mass is 16.5. The number of nitrogen functional groups attached to an aromatic ring is 1. The molecule has 0 aromatic carbocycles. The molecule has 1 saturated heterocycles. The zero-order valence-electron chi connectivity index (χ0n) is 12.5. The van der Waals surface area contributed by atoms with E-state index in [2.05, 4.69) is 32.1 Å². The molecule has 0 bridgehead atoms. The maximum absolute atomic E-state index is 6.21. The quantitative estimate of drug-likeness (QED) is 0.800. The highest BCUT2D eigenvalue weighted by molar-refractivity contribution is 5.75. The van der Waals surface area contributed by atoms with Crippen LogP contribution in [0, 0.1) is 0 Å². The smallest absolute Gasteiger partial charge is 0.157 e. The van der Waals surface area contributed by atoms with E-state index in [1.807, 2.05) is 6.92 Å². The van der Waals surface area contributed by atoms with Gasteiger partial charge < -0.3 is 25.6 Å². The topological polar surface area (TPSA) is 79.5 Å². The largest absolute Gasteiger partial charge is 0.393 e. The van der Waals surface area contributed by atoms with Crippen LogP contribution in [0.4, 0.5) is 17.3 Å². The summed E-state index contributed by atoms with van der Waals surface area (Å²) in [6.45, 7) is 6.54. The number of likely N-dealkylation sites (N-methyl/N-ethyl adjacent to an activating group) is 1. The van der Waals surface area contributed by atoms with Crippen LogP contribution in [0.1, 0.15) is 6.92 Å². The van der Waals surface area contributed by atoms with E-state index in [9.17, 15) is 0 Å². The lowest BCUT2D eigenvalue weighted by Gasteiger charge is -2.34. The fourth-order valence-electron chi connectivity index (χ4n) is 2.30. The molecule has 1 unspecified atom stereocenters. The number of hydrogen-bond donors (Lipinski definition) is 2. The van der Waals surface area contributed by atoms with Crippen LogP contribution in [0.15, 0.2) is 6.33 Å². The van der Waals surface area contributed by atoms with Crippen LogP contribution in [0.5, 0.6) is 0 Å². The Balaban J connectivity index is 2.10. The maximum atomic E-state index is 6.21. The lowest BCUT2D eigenvalue weighted by atomic mass is 10.3. The van der Waals surface area contributed by atoms with Gasteiger partial charge in [-0.2, -0.15) is 0 Å². The molecule has 7 nitrogen and oxygen atoms in total. The predicted molar refractivity (Wildman–Crippen MR) is 81.1 cm³/mol. The Morgan fingerprint density at radius 2 is 2.05 bits per heavy atom. The van der Waals surface area contributed by atoms with Crippen LogP contribution in [0.25, 0.3) is 0 Å². The van der Waals surface area contributed by atoms with E-state index in [1.54, 1.807) is 13.4 Å². The number of nitrogens with one attached hydrogen (secondary N) is 1. The van der Waals surface area contributed by atoms with Gasteiger partial charge in [-0.25, -0.2) is 9.97 Å². The summed E-state index contributed by atoms with van der Waals surface area (Å²) in [7, 11) is 3.80. The monoisotopic (exact) mass is 280 g/mol. The second kappa shape index (κ2) is 6.71. The van der Waals surface area contributed by atoms with Crippen molar-refractivity contribution < 1.29 is 4.74 Å². The van der Waals surface area contributed by atoms with Crippen molar-refractivity contribution in [1.82, 2.24) is 14.9 Å². The maximum Gasteiger partial charge on any atom is 0.157 e. The summed E-state index contributed by atoms with van der Waals surface area (Å²) in [6.07, 6.45) is 1.56. The fourth-order valence-corrected chi connectivity index (χ4v) is 2.30. The average molecular weight is 280 g/mol. The number of aromatic nitrogens is 2. The molecule has 1 aliphatic rings. The minimum absolute atomic E-state index is 0.150. The molecule has 0 amide bonds. The Bertz CT molecular complexity index is 433. The van der Waals surface area contributed by atoms with Crippen LogP contribution < -0.4 is 16.0 Å². The first-order valence-corrected chi connectivity index (χ1v) is 6.91. The molecule has 1 atom stereocenters. The van der Waals surface area contributed by atoms with Gasteiger partial charge in [0.2, 0.25) is 0 Å². The predicted octanol–water partition coefficient (Wildman–Crippen LogP) is 0.257. The van der Waals surface area contributed by atoms with Crippen LogP contribution in [-0.2, 0) is 4.74 Å². The van der Waals surface area contributed by atoms with Crippen molar-refractivity contribution in [2.75, 3.05) is 62.9 Å². The second-order valence-electron chi connectivity index (χ2n) is 5.25. The molecule has 0 spiro atoms. The van der Waals surface area contributed by atoms with Crippen LogP contribution in [0.2, 0.25) is 0 Å². The van der Waals surface area contributed by atoms with Gasteiger partial charge in [0.05, 0.1) is 6.61 Å². The highest BCUT2D eigenvalue weighted by Crippen LogP contribution is 2.27. The van der Waals surface area contributed by atoms with Crippen molar-refractivity contribution in [3.8, 4) is 0 Å². The van der Waals surface area contributed by atoms with E-state index in [1.165, 1.54) is 0 Å². The molecule has 3 N–H and O–H groups in total. The molecular weight excluding hydrogens is 256 g/mol. The van der Waals surface area contributed by atoms with E-state index < -0.39 is 0 Å². The summed E-state index contributed by atoms with van der Waals surface area (Å²) in [6, 6.07) is 0.150. The standard InChI is InChI=1S/C13H24N6O/c1-10(8-20-3)17-12-11(14)13(16-9-15-12)19-6-4-18(2)5-7-19/h9-10H,4-8,14H2,1-3H3,(H,15,16,17). The van der Waals surface area contributed by atoms with Crippen molar-refractivity contribution in [3.63, 3.8) is 0 Å². The zero-order chi connectivity index (χ0) is 14.5. The van der Waals surface area contributed by atoms with Gasteiger partial charge in [-0.3, -0.25) is 0 Å². The van der Waals surface area contributed by atoms with Gasteiger partial charge in [-0.15, -0.1) is 0 Å². The van der Waals surface area contributed by atoms with Gasteiger partial charge >= 0.3 is 0 Å². The molecule has 1 aliphatic heterocycles. The van der Waals surface area contributed by atoms with Crippen molar-refractivity contribution >= 4 is 17.3 Å². The SMILES string of the molecule is COCC(C)Nc1ncnc(N2CCN(C)CC2)c1N. The zero-order valence-corrected chi connectivity index (χ0v) is 12.5. The normalized spacial score (nSPS) is 18.1. The lowest BCUT2D eigenvalue weighted by molar-refractivity contribution is 0.190. The minimum Gasteiger partial charge on any atom is -0.393 e. The van der Waals surface area contributed by atoms with Gasteiger partial charge in [-0.1, -0.05) is 0 Å². The third-order valence-electron chi connectivity index (χ3n) is 3.47. The van der Waals surface area contributed by atoms with Crippen LogP contribution >= 0.6 is 0 Å². The highest BCUT2D eigenvalue weighted by Gasteiger charge is 2.19. The summed E-state index contributed by atoms with van der Waals surface area (Å²) >= 11 is 0. The van der Waals surface area contributed by atoms with Crippen molar-refractivity contribution in [2.24, 2.45) is 0 Å². The fraction of sp³-hybridized carbons (Fsp3) is 0.692. The Morgan fingerprint density at radius 3 is 2.70 bits per heavy atom. The van der Waals surface area contributed by atoms with Crippen molar-refractivity contribution in [1.29, 1.82) is 0 Å². The molecular formula is C13H24N6O. The number of ether oxygens (including phenoxy) is 1. The summed E-state index contributed by atoms with van der Waals surface area (Å²) in [5.41, 5.74) is 6.82. The average Bonchev–Trinajstić information content (AvgIpc) is 2.43. The van der Waals surface area contributed by atoms with Gasteiger partial charge in [0.25, 0.3) is 0 Å². The Kier molecular flexibility index (Phi) is 4.97. The molecule has 20 heavy (non-hydrogen) atoms. The number of rotatable bonds is 5. The molecule has 2 rings (SSSR count). The lowest BCUT2D eigenvalue weighted by Crippen LogP contribution is -2.45. The van der Waals surface area contributed by atoms with Gasteiger partial charge in [0, 0.05) is 39.3 Å². The van der Waals surface area contributed by atoms with Gasteiger partial charge in [0.1, 0.15) is 12.0 Å². The van der Waals surface area contributed by atoms with Gasteiger partial charge in [-0.05, 0) is 14.0 Å². The number of anilines is 3. The number of nitrogens with zero attached hydrogens (tertiary/aromatic N) is 4. The van der Waals surface area contributed by atoms with Crippen molar-refractivity contribution in [2.45, 2.75) is 13.0 Å². The summed E-state index contributed by atoms with van der Waals surface area (Å²) in [5, 5.41) is 3.26. The molecule has 0 saturated carbocycles. The third kappa shape index (κ3) is 3.49. The summed E-state index contributed by atoms with van der Waals surface area (Å²) < 4.78 is 5.11. The van der Waals surface area contributed by atoms with E-state index >= 15 is 0 Å². The van der Waals surface area contributed by atoms with E-state index in [0.717, 1.165) is 32.0 Å². The number of methoxy groups -OCH3 is 1. The van der Waals surface area contributed by atoms with Crippen LogP contribution in [0.3, 0.4) is 0 Å². The first-order valence-electron chi connectivity index (χ1n) is 6.91. The summed E-state index contributed by atoms with van der Waals surface area (Å²) in [5.74, 6) is 1.50. The molecule has 0 aliphatic carbocycles. The molecule has 1 aromatic heterocycles. The Morgan fingerprint density at radius 1 is 1.35 bits per heavy atom. The van der Waals surface area contributed by atoms with E-state index in [0.29, 0.717) is 18.1 Å². The number of nitrogens with two attached hydrogens (primary N) is 1. The van der Waals surface area contributed by atoms with Gasteiger partial charge in [0.15, 0.2) is 11.6 Å². The molecule has 112 valence electrons. The molecule has 1 aromatic rings. The first kappa shape index (κ1) is 14.8. The molecule has 7 heteroatoms. The van der Waals surface area contributed by atoms with Crippen molar-refractivity contribution in [3.05, 3.63) is 6.33 Å². The molecule has 0 radical (unpaired) electrons. The summed E-state index contributed by atoms with van der Waals surface area (Å²) in [4.78, 5) is 13.1. The van der Waals surface area contributed by atoms with E-state index in [-0.39, 0.29) is 6.04 Å². The number of piperazine rings is 1. The second-order valence-corrected chi connectivity index (χ2v) is 5.25. The Labute approximate surface area is 120 Å². The first-order chi connectivity index (χ1) is 9.61. The Hall–Kier alpha value is -1.60. The number of hydrogen-bond acceptors (Lipinski definition) is 7. The third-order valence-corrected chi connectivity index (χ3v) is 3.47. The van der Waals surface area contributed by atoms with Crippen LogP contribution in [-0.4, -0.2) is 67.9 Å². The minimum atomic E-state index is 0.150. The molecule has 1 fully saturated rings.